The first-order chi connectivity index (χ1) is 11.7. The van der Waals surface area contributed by atoms with Crippen LogP contribution in [0.5, 0.6) is 11.6 Å². The molecule has 0 unspecified atom stereocenters. The van der Waals surface area contributed by atoms with Crippen molar-refractivity contribution in [3.8, 4) is 11.6 Å². The van der Waals surface area contributed by atoms with E-state index in [2.05, 4.69) is 31.2 Å². The summed E-state index contributed by atoms with van der Waals surface area (Å²) in [5.74, 6) is 1.21. The molecule has 0 saturated carbocycles. The van der Waals surface area contributed by atoms with Crippen molar-refractivity contribution < 1.29 is 9.47 Å². The molecule has 24 heavy (non-hydrogen) atoms. The van der Waals surface area contributed by atoms with Crippen LogP contribution in [0.1, 0.15) is 25.0 Å². The van der Waals surface area contributed by atoms with Gasteiger partial charge in [-0.2, -0.15) is 0 Å². The van der Waals surface area contributed by atoms with Crippen molar-refractivity contribution in [2.45, 2.75) is 25.9 Å². The summed E-state index contributed by atoms with van der Waals surface area (Å²) in [5, 5.41) is 10.1. The molecule has 0 aliphatic rings. The topological polar surface area (TPSA) is 80.1 Å². The summed E-state index contributed by atoms with van der Waals surface area (Å²) < 4.78 is 12.3. The van der Waals surface area contributed by atoms with Crippen LogP contribution < -0.4 is 14.8 Å². The van der Waals surface area contributed by atoms with Crippen LogP contribution in [-0.2, 0) is 6.61 Å². The van der Waals surface area contributed by atoms with E-state index in [9.17, 15) is 0 Å². The Hall–Kier alpha value is -2.15. The molecule has 2 rings (SSSR count). The van der Waals surface area contributed by atoms with Crippen molar-refractivity contribution in [2.75, 3.05) is 19.0 Å². The molecule has 2 N–H and O–H groups in total. The minimum absolute atomic E-state index is 0.377. The Morgan fingerprint density at radius 3 is 2.79 bits per heavy atom. The summed E-state index contributed by atoms with van der Waals surface area (Å²) in [6, 6.07) is 5.69. The maximum Gasteiger partial charge on any atom is 0.237 e. The zero-order valence-corrected chi connectivity index (χ0v) is 15.2. The zero-order chi connectivity index (χ0) is 17.2. The van der Waals surface area contributed by atoms with Crippen molar-refractivity contribution in [3.05, 3.63) is 40.8 Å². The van der Waals surface area contributed by atoms with E-state index in [1.165, 1.54) is 6.21 Å². The number of nitrogens with one attached hydrogen (secondary N) is 2. The predicted molar refractivity (Wildman–Crippen MR) is 98.2 cm³/mol. The molecule has 0 saturated heterocycles. The number of rotatable bonds is 10. The Kier molecular flexibility index (Phi) is 7.48. The molecule has 6 nitrogen and oxygen atoms in total. The molecule has 2 aromatic rings. The second kappa shape index (κ2) is 9.87. The molecule has 0 spiro atoms. The van der Waals surface area contributed by atoms with Gasteiger partial charge in [-0.25, -0.2) is 4.98 Å². The molecule has 0 amide bonds. The second-order valence-corrected chi connectivity index (χ2v) is 5.99. The Balaban J connectivity index is 1.90. The van der Waals surface area contributed by atoms with Crippen molar-refractivity contribution in [3.63, 3.8) is 0 Å². The van der Waals surface area contributed by atoms with E-state index < -0.39 is 0 Å². The van der Waals surface area contributed by atoms with Gasteiger partial charge in [0.05, 0.1) is 18.5 Å². The smallest absolute Gasteiger partial charge is 0.237 e. The lowest BCUT2D eigenvalue weighted by atomic mass is 10.2. The SMILES string of the molecule is CNc1cc(OCc2ccc(Br)cn2)cnc1OCCCCC=N. The maximum absolute atomic E-state index is 6.99. The van der Waals surface area contributed by atoms with Crippen molar-refractivity contribution in [1.82, 2.24) is 9.97 Å². The van der Waals surface area contributed by atoms with Crippen LogP contribution in [0.15, 0.2) is 35.1 Å². The molecule has 0 aliphatic heterocycles. The highest BCUT2D eigenvalue weighted by atomic mass is 79.9. The first-order valence-corrected chi connectivity index (χ1v) is 8.55. The standard InChI is InChI=1S/C17H21BrN4O2/c1-20-16-9-15(24-12-14-6-5-13(18)10-21-14)11-22-17(16)23-8-4-2-3-7-19/h5-7,9-11,19-20H,2-4,8,12H2,1H3. The Bertz CT molecular complexity index is 650. The summed E-state index contributed by atoms with van der Waals surface area (Å²) in [6.07, 6.45) is 7.43. The fraction of sp³-hybridized carbons (Fsp3) is 0.353. The first kappa shape index (κ1) is 18.2. The number of ether oxygens (including phenoxy) is 2. The molecule has 128 valence electrons. The Morgan fingerprint density at radius 1 is 1.21 bits per heavy atom. The zero-order valence-electron chi connectivity index (χ0n) is 13.6. The normalized spacial score (nSPS) is 10.2. The van der Waals surface area contributed by atoms with Crippen LogP contribution in [-0.4, -0.2) is 29.8 Å². The van der Waals surface area contributed by atoms with E-state index in [-0.39, 0.29) is 0 Å². The van der Waals surface area contributed by atoms with Crippen molar-refractivity contribution in [1.29, 1.82) is 5.41 Å². The van der Waals surface area contributed by atoms with Crippen LogP contribution >= 0.6 is 15.9 Å². The van der Waals surface area contributed by atoms with E-state index in [0.717, 1.165) is 35.1 Å². The van der Waals surface area contributed by atoms with Gasteiger partial charge in [0.2, 0.25) is 5.88 Å². The highest BCUT2D eigenvalue weighted by Crippen LogP contribution is 2.26. The Labute approximate surface area is 150 Å². The molecule has 7 heteroatoms. The molecule has 0 atom stereocenters. The predicted octanol–water partition coefficient (Wildman–Crippen LogP) is 4.06. The van der Waals surface area contributed by atoms with Crippen molar-refractivity contribution >= 4 is 27.8 Å². The van der Waals surface area contributed by atoms with Crippen LogP contribution in [0.25, 0.3) is 0 Å². The monoisotopic (exact) mass is 392 g/mol. The molecular weight excluding hydrogens is 372 g/mol. The minimum Gasteiger partial charge on any atom is -0.486 e. The molecule has 0 fully saturated rings. The molecule has 0 aromatic carbocycles. The van der Waals surface area contributed by atoms with Gasteiger partial charge >= 0.3 is 0 Å². The molecule has 0 aliphatic carbocycles. The number of anilines is 1. The first-order valence-electron chi connectivity index (χ1n) is 7.75. The molecule has 0 bridgehead atoms. The van der Waals surface area contributed by atoms with E-state index in [4.69, 9.17) is 14.9 Å². The van der Waals surface area contributed by atoms with Gasteiger partial charge in [0.15, 0.2) is 0 Å². The summed E-state index contributed by atoms with van der Waals surface area (Å²) in [7, 11) is 1.82. The molecule has 2 aromatic heterocycles. The number of pyridine rings is 2. The van der Waals surface area contributed by atoms with Crippen LogP contribution in [0.2, 0.25) is 0 Å². The van der Waals surface area contributed by atoms with Gasteiger partial charge < -0.3 is 20.2 Å². The summed E-state index contributed by atoms with van der Waals surface area (Å²) in [4.78, 5) is 8.58. The van der Waals surface area contributed by atoms with Crippen LogP contribution in [0, 0.1) is 5.41 Å². The van der Waals surface area contributed by atoms with Gasteiger partial charge in [0, 0.05) is 23.8 Å². The third-order valence-corrected chi connectivity index (χ3v) is 3.72. The quantitative estimate of drug-likeness (QED) is 0.470. The van der Waals surface area contributed by atoms with Gasteiger partial charge in [-0.3, -0.25) is 4.98 Å². The Morgan fingerprint density at radius 2 is 2.08 bits per heavy atom. The fourth-order valence-corrected chi connectivity index (χ4v) is 2.21. The lowest BCUT2D eigenvalue weighted by Gasteiger charge is -2.12. The molecule has 2 heterocycles. The number of hydrogen-bond acceptors (Lipinski definition) is 6. The van der Waals surface area contributed by atoms with Gasteiger partial charge in [0.25, 0.3) is 0 Å². The number of nitrogens with zero attached hydrogens (tertiary/aromatic N) is 2. The number of hydrogen-bond donors (Lipinski definition) is 2. The number of unbranched alkanes of at least 4 members (excludes halogenated alkanes) is 2. The number of halogens is 1. The molecule has 0 radical (unpaired) electrons. The highest BCUT2D eigenvalue weighted by Gasteiger charge is 2.07. The van der Waals surface area contributed by atoms with Gasteiger partial charge in [-0.1, -0.05) is 0 Å². The number of aromatic nitrogens is 2. The average Bonchev–Trinajstić information content (AvgIpc) is 2.61. The lowest BCUT2D eigenvalue weighted by Crippen LogP contribution is -2.04. The summed E-state index contributed by atoms with van der Waals surface area (Å²) in [6.45, 7) is 0.959. The summed E-state index contributed by atoms with van der Waals surface area (Å²) >= 11 is 3.36. The lowest BCUT2D eigenvalue weighted by molar-refractivity contribution is 0.288. The summed E-state index contributed by atoms with van der Waals surface area (Å²) in [5.41, 5.74) is 1.62. The van der Waals surface area contributed by atoms with E-state index in [1.807, 2.05) is 25.2 Å². The van der Waals surface area contributed by atoms with Gasteiger partial charge in [-0.15, -0.1) is 0 Å². The van der Waals surface area contributed by atoms with Crippen molar-refractivity contribution in [2.24, 2.45) is 0 Å². The van der Waals surface area contributed by atoms with E-state index >= 15 is 0 Å². The van der Waals surface area contributed by atoms with Gasteiger partial charge in [0.1, 0.15) is 18.0 Å². The highest BCUT2D eigenvalue weighted by molar-refractivity contribution is 9.10. The van der Waals surface area contributed by atoms with Gasteiger partial charge in [-0.05, 0) is 53.5 Å². The average molecular weight is 393 g/mol. The third-order valence-electron chi connectivity index (χ3n) is 3.25. The largest absolute Gasteiger partial charge is 0.486 e. The van der Waals surface area contributed by atoms with Crippen LogP contribution in [0.3, 0.4) is 0 Å². The maximum atomic E-state index is 6.99. The van der Waals surface area contributed by atoms with E-state index in [1.54, 1.807) is 12.4 Å². The minimum atomic E-state index is 0.377. The third kappa shape index (κ3) is 5.81. The second-order valence-electron chi connectivity index (χ2n) is 5.08. The molecular formula is C17H21BrN4O2. The fourth-order valence-electron chi connectivity index (χ4n) is 1.97. The van der Waals surface area contributed by atoms with E-state index in [0.29, 0.717) is 24.8 Å². The van der Waals surface area contributed by atoms with Crippen LogP contribution in [0.4, 0.5) is 5.69 Å².